The molecule has 0 spiro atoms. The van der Waals surface area contributed by atoms with Crippen LogP contribution in [0.25, 0.3) is 11.4 Å². The van der Waals surface area contributed by atoms with Crippen LogP contribution in [0.15, 0.2) is 53.1 Å². The highest BCUT2D eigenvalue weighted by molar-refractivity contribution is 5.79. The van der Waals surface area contributed by atoms with E-state index >= 15 is 0 Å². The summed E-state index contributed by atoms with van der Waals surface area (Å²) in [7, 11) is 0. The van der Waals surface area contributed by atoms with E-state index in [4.69, 9.17) is 14.0 Å². The molecule has 2 heterocycles. The van der Waals surface area contributed by atoms with Gasteiger partial charge < -0.3 is 18.9 Å². The molecule has 0 saturated carbocycles. The fraction of sp³-hybridized carbons (Fsp3) is 0.423. The number of hydrogen-bond donors (Lipinski definition) is 0. The summed E-state index contributed by atoms with van der Waals surface area (Å²) in [6.45, 7) is 7.96. The van der Waals surface area contributed by atoms with E-state index < -0.39 is 0 Å². The van der Waals surface area contributed by atoms with Crippen molar-refractivity contribution in [3.05, 3.63) is 60.0 Å². The van der Waals surface area contributed by atoms with Gasteiger partial charge in [0.15, 0.2) is 0 Å². The number of likely N-dealkylation sites (tertiary alicyclic amines) is 1. The normalized spacial score (nSPS) is 15.9. The standard InChI is InChI=1S/C26H31N3O4/c1-4-5-14-31-22-12-8-20(9-13-22)25-27-26(33-28-25)21-15-24(30)29(17-21)16-19-6-10-23(11-7-19)32-18(2)3/h6-13,18,21H,4-5,14-17H2,1-3H3. The van der Waals surface area contributed by atoms with Gasteiger partial charge in [-0.25, -0.2) is 0 Å². The van der Waals surface area contributed by atoms with Crippen LogP contribution in [0.2, 0.25) is 0 Å². The molecule has 3 aromatic rings. The second kappa shape index (κ2) is 10.5. The second-order valence-electron chi connectivity index (χ2n) is 8.67. The SMILES string of the molecule is CCCCOc1ccc(-c2noc(C3CC(=O)N(Cc4ccc(OC(C)C)cc4)C3)n2)cc1. The van der Waals surface area contributed by atoms with Crippen LogP contribution in [0, 0.1) is 0 Å². The van der Waals surface area contributed by atoms with Crippen molar-refractivity contribution in [1.82, 2.24) is 15.0 Å². The lowest BCUT2D eigenvalue weighted by molar-refractivity contribution is -0.128. The first-order valence-electron chi connectivity index (χ1n) is 11.6. The Morgan fingerprint density at radius 2 is 1.82 bits per heavy atom. The van der Waals surface area contributed by atoms with Crippen molar-refractivity contribution < 1.29 is 18.8 Å². The molecule has 0 radical (unpaired) electrons. The smallest absolute Gasteiger partial charge is 0.232 e. The number of ether oxygens (including phenoxy) is 2. The molecule has 4 rings (SSSR count). The first-order chi connectivity index (χ1) is 16.0. The van der Waals surface area contributed by atoms with Crippen LogP contribution >= 0.6 is 0 Å². The topological polar surface area (TPSA) is 77.7 Å². The van der Waals surface area contributed by atoms with Gasteiger partial charge >= 0.3 is 0 Å². The quantitative estimate of drug-likeness (QED) is 0.395. The molecule has 1 atom stereocenters. The molecule has 0 N–H and O–H groups in total. The molecule has 1 aliphatic heterocycles. The number of benzene rings is 2. The van der Waals surface area contributed by atoms with Crippen LogP contribution in [0.5, 0.6) is 11.5 Å². The highest BCUT2D eigenvalue weighted by Gasteiger charge is 2.34. The lowest BCUT2D eigenvalue weighted by Crippen LogP contribution is -2.24. The molecule has 1 aliphatic rings. The van der Waals surface area contributed by atoms with Crippen LogP contribution in [-0.4, -0.2) is 40.2 Å². The van der Waals surface area contributed by atoms with Crippen molar-refractivity contribution in [2.75, 3.05) is 13.2 Å². The molecule has 7 heteroatoms. The maximum atomic E-state index is 12.6. The van der Waals surface area contributed by atoms with E-state index in [-0.39, 0.29) is 17.9 Å². The Morgan fingerprint density at radius 3 is 2.52 bits per heavy atom. The Morgan fingerprint density at radius 1 is 1.09 bits per heavy atom. The van der Waals surface area contributed by atoms with E-state index in [0.29, 0.717) is 37.8 Å². The summed E-state index contributed by atoms with van der Waals surface area (Å²) in [6, 6.07) is 15.6. The minimum atomic E-state index is -0.0982. The number of amides is 1. The minimum Gasteiger partial charge on any atom is -0.494 e. The average Bonchev–Trinajstić information content (AvgIpc) is 3.43. The lowest BCUT2D eigenvalue weighted by atomic mass is 10.1. The Kier molecular flexibility index (Phi) is 7.27. The van der Waals surface area contributed by atoms with E-state index in [0.717, 1.165) is 35.5 Å². The summed E-state index contributed by atoms with van der Waals surface area (Å²) in [5.41, 5.74) is 1.92. The molecule has 33 heavy (non-hydrogen) atoms. The van der Waals surface area contributed by atoms with Gasteiger partial charge in [-0.15, -0.1) is 0 Å². The highest BCUT2D eigenvalue weighted by Crippen LogP contribution is 2.30. The van der Waals surface area contributed by atoms with Gasteiger partial charge in [0.2, 0.25) is 17.6 Å². The second-order valence-corrected chi connectivity index (χ2v) is 8.67. The van der Waals surface area contributed by atoms with E-state index in [1.807, 2.05) is 67.3 Å². The summed E-state index contributed by atoms with van der Waals surface area (Å²) in [5.74, 6) is 2.69. The molecule has 1 fully saturated rings. The molecule has 1 saturated heterocycles. The Labute approximate surface area is 194 Å². The lowest BCUT2D eigenvalue weighted by Gasteiger charge is -2.16. The number of nitrogens with zero attached hydrogens (tertiary/aromatic N) is 3. The van der Waals surface area contributed by atoms with Crippen LogP contribution in [-0.2, 0) is 11.3 Å². The van der Waals surface area contributed by atoms with Crippen LogP contribution < -0.4 is 9.47 Å². The van der Waals surface area contributed by atoms with E-state index in [2.05, 4.69) is 17.1 Å². The Balaban J connectivity index is 1.35. The maximum Gasteiger partial charge on any atom is 0.232 e. The van der Waals surface area contributed by atoms with Crippen LogP contribution in [0.3, 0.4) is 0 Å². The van der Waals surface area contributed by atoms with Crippen molar-refractivity contribution >= 4 is 5.91 Å². The summed E-state index contributed by atoms with van der Waals surface area (Å²) in [5, 5.41) is 4.13. The maximum absolute atomic E-state index is 12.6. The van der Waals surface area contributed by atoms with E-state index in [9.17, 15) is 4.79 Å². The van der Waals surface area contributed by atoms with Gasteiger partial charge in [0.05, 0.1) is 18.6 Å². The molecular formula is C26H31N3O4. The van der Waals surface area contributed by atoms with Crippen LogP contribution in [0.1, 0.15) is 57.4 Å². The first-order valence-corrected chi connectivity index (χ1v) is 11.6. The number of rotatable bonds is 10. The molecule has 1 aromatic heterocycles. The van der Waals surface area contributed by atoms with Gasteiger partial charge in [-0.05, 0) is 62.2 Å². The van der Waals surface area contributed by atoms with E-state index in [1.165, 1.54) is 0 Å². The van der Waals surface area contributed by atoms with Crippen LogP contribution in [0.4, 0.5) is 0 Å². The Bertz CT molecular complexity index is 1040. The molecule has 7 nitrogen and oxygen atoms in total. The van der Waals surface area contributed by atoms with Crippen molar-refractivity contribution in [3.8, 4) is 22.9 Å². The largest absolute Gasteiger partial charge is 0.494 e. The molecular weight excluding hydrogens is 418 g/mol. The molecule has 1 amide bonds. The van der Waals surface area contributed by atoms with Gasteiger partial charge in [0, 0.05) is 25.1 Å². The average molecular weight is 450 g/mol. The van der Waals surface area contributed by atoms with E-state index in [1.54, 1.807) is 0 Å². The molecule has 0 aliphatic carbocycles. The number of aromatic nitrogens is 2. The van der Waals surface area contributed by atoms with Gasteiger partial charge in [-0.1, -0.05) is 30.6 Å². The summed E-state index contributed by atoms with van der Waals surface area (Å²) in [6.07, 6.45) is 2.64. The minimum absolute atomic E-state index is 0.0934. The zero-order chi connectivity index (χ0) is 23.2. The third-order valence-corrected chi connectivity index (χ3v) is 5.55. The number of unbranched alkanes of at least 4 members (excludes halogenated alkanes) is 1. The third-order valence-electron chi connectivity index (χ3n) is 5.55. The van der Waals surface area contributed by atoms with Crippen molar-refractivity contribution in [3.63, 3.8) is 0 Å². The highest BCUT2D eigenvalue weighted by atomic mass is 16.5. The van der Waals surface area contributed by atoms with Crippen molar-refractivity contribution in [1.29, 1.82) is 0 Å². The number of hydrogen-bond acceptors (Lipinski definition) is 6. The zero-order valence-corrected chi connectivity index (χ0v) is 19.5. The monoisotopic (exact) mass is 449 g/mol. The molecule has 0 bridgehead atoms. The van der Waals surface area contributed by atoms with Gasteiger partial charge in [-0.3, -0.25) is 4.79 Å². The Hall–Kier alpha value is -3.35. The first kappa shape index (κ1) is 22.8. The predicted octanol–water partition coefficient (Wildman–Crippen LogP) is 5.22. The summed E-state index contributed by atoms with van der Waals surface area (Å²) < 4.78 is 16.9. The molecule has 174 valence electrons. The van der Waals surface area contributed by atoms with Crippen molar-refractivity contribution in [2.45, 2.75) is 58.6 Å². The van der Waals surface area contributed by atoms with Crippen molar-refractivity contribution in [2.24, 2.45) is 0 Å². The summed E-state index contributed by atoms with van der Waals surface area (Å²) in [4.78, 5) is 19.0. The third kappa shape index (κ3) is 5.92. The fourth-order valence-corrected chi connectivity index (χ4v) is 3.81. The predicted molar refractivity (Wildman–Crippen MR) is 125 cm³/mol. The number of carbonyl (C=O) groups is 1. The zero-order valence-electron chi connectivity index (χ0n) is 19.5. The van der Waals surface area contributed by atoms with Gasteiger partial charge in [-0.2, -0.15) is 4.98 Å². The fourth-order valence-electron chi connectivity index (χ4n) is 3.81. The summed E-state index contributed by atoms with van der Waals surface area (Å²) >= 11 is 0. The van der Waals surface area contributed by atoms with Gasteiger partial charge in [0.25, 0.3) is 0 Å². The molecule has 1 unspecified atom stereocenters. The van der Waals surface area contributed by atoms with Gasteiger partial charge in [0.1, 0.15) is 11.5 Å². The number of carbonyl (C=O) groups excluding carboxylic acids is 1. The molecule has 2 aromatic carbocycles.